The van der Waals surface area contributed by atoms with Crippen LogP contribution < -0.4 is 5.32 Å². The minimum atomic E-state index is -0.427. The zero-order valence-corrected chi connectivity index (χ0v) is 10.6. The average molecular weight is 257 g/mol. The van der Waals surface area contributed by atoms with E-state index in [2.05, 4.69) is 20.5 Å². The van der Waals surface area contributed by atoms with Crippen molar-refractivity contribution in [2.24, 2.45) is 0 Å². The van der Waals surface area contributed by atoms with E-state index in [0.29, 0.717) is 17.1 Å². The molecule has 6 heteroatoms. The summed E-state index contributed by atoms with van der Waals surface area (Å²) in [5.74, 6) is -0.0739. The Balaban J connectivity index is 2.10. The summed E-state index contributed by atoms with van der Waals surface area (Å²) in [4.78, 5) is 4.19. The molecular weight excluding hydrogens is 245 g/mol. The van der Waals surface area contributed by atoms with Crippen LogP contribution in [0.5, 0.6) is 0 Å². The first-order valence-corrected chi connectivity index (χ1v) is 5.70. The summed E-state index contributed by atoms with van der Waals surface area (Å²) in [5.41, 5.74) is 2.28. The van der Waals surface area contributed by atoms with Crippen LogP contribution in [0.2, 0.25) is 0 Å². The third-order valence-corrected chi connectivity index (χ3v) is 2.71. The molecule has 0 aliphatic carbocycles. The smallest absolute Gasteiger partial charge is 0.243 e. The van der Waals surface area contributed by atoms with E-state index in [1.54, 1.807) is 12.1 Å². The van der Waals surface area contributed by atoms with Crippen molar-refractivity contribution in [1.82, 2.24) is 15.2 Å². The molecule has 0 aliphatic heterocycles. The van der Waals surface area contributed by atoms with Gasteiger partial charge in [0.2, 0.25) is 5.95 Å². The van der Waals surface area contributed by atoms with Gasteiger partial charge in [-0.1, -0.05) is 6.07 Å². The number of rotatable bonds is 3. The lowest BCUT2D eigenvalue weighted by atomic mass is 10.1. The van der Waals surface area contributed by atoms with Gasteiger partial charge in [-0.2, -0.15) is 10.4 Å². The van der Waals surface area contributed by atoms with E-state index in [0.717, 1.165) is 11.4 Å². The summed E-state index contributed by atoms with van der Waals surface area (Å²) < 4.78 is 13.6. The van der Waals surface area contributed by atoms with Gasteiger partial charge in [0.15, 0.2) is 0 Å². The largest absolute Gasteiger partial charge is 0.349 e. The molecule has 0 saturated carbocycles. The van der Waals surface area contributed by atoms with Gasteiger partial charge in [-0.15, -0.1) is 5.10 Å². The summed E-state index contributed by atoms with van der Waals surface area (Å²) in [6, 6.07) is 6.23. The lowest BCUT2D eigenvalue weighted by Gasteiger charge is -2.06. The summed E-state index contributed by atoms with van der Waals surface area (Å²) in [5, 5.41) is 19.4. The number of hydrogen-bond acceptors (Lipinski definition) is 5. The van der Waals surface area contributed by atoms with Crippen LogP contribution in [0.1, 0.15) is 22.5 Å². The molecule has 0 saturated heterocycles. The van der Waals surface area contributed by atoms with Crippen LogP contribution >= 0.6 is 0 Å². The van der Waals surface area contributed by atoms with Gasteiger partial charge in [0.1, 0.15) is 5.82 Å². The van der Waals surface area contributed by atoms with Crippen LogP contribution in [0.3, 0.4) is 0 Å². The maximum atomic E-state index is 13.6. The van der Waals surface area contributed by atoms with Crippen LogP contribution in [0, 0.1) is 31.0 Å². The van der Waals surface area contributed by atoms with E-state index in [-0.39, 0.29) is 6.54 Å². The minimum Gasteiger partial charge on any atom is -0.349 e. The Bertz CT molecular complexity index is 648. The number of nitriles is 1. The number of aromatic nitrogens is 3. The van der Waals surface area contributed by atoms with Gasteiger partial charge in [0, 0.05) is 12.1 Å². The molecule has 0 atom stereocenters. The second kappa shape index (κ2) is 5.40. The van der Waals surface area contributed by atoms with Crippen LogP contribution in [0.15, 0.2) is 18.2 Å². The highest BCUT2D eigenvalue weighted by molar-refractivity contribution is 5.35. The zero-order chi connectivity index (χ0) is 13.8. The Morgan fingerprint density at radius 3 is 2.68 bits per heavy atom. The normalized spacial score (nSPS) is 10.0. The first kappa shape index (κ1) is 12.9. The lowest BCUT2D eigenvalue weighted by Crippen LogP contribution is -2.08. The van der Waals surface area contributed by atoms with Gasteiger partial charge in [0.05, 0.1) is 23.0 Å². The van der Waals surface area contributed by atoms with E-state index in [1.807, 2.05) is 19.9 Å². The predicted octanol–water partition coefficient (Wildman–Crippen LogP) is 2.11. The highest BCUT2D eigenvalue weighted by atomic mass is 19.1. The van der Waals surface area contributed by atoms with Crippen molar-refractivity contribution in [3.63, 3.8) is 0 Å². The molecule has 2 rings (SSSR count). The molecule has 5 nitrogen and oxygen atoms in total. The zero-order valence-electron chi connectivity index (χ0n) is 10.6. The van der Waals surface area contributed by atoms with Gasteiger partial charge >= 0.3 is 0 Å². The summed E-state index contributed by atoms with van der Waals surface area (Å²) in [6.45, 7) is 3.89. The van der Waals surface area contributed by atoms with Crippen molar-refractivity contribution in [2.75, 3.05) is 5.32 Å². The van der Waals surface area contributed by atoms with Crippen LogP contribution in [-0.2, 0) is 6.54 Å². The van der Waals surface area contributed by atoms with E-state index in [4.69, 9.17) is 5.26 Å². The number of anilines is 1. The predicted molar refractivity (Wildman–Crippen MR) is 67.7 cm³/mol. The van der Waals surface area contributed by atoms with Crippen molar-refractivity contribution in [1.29, 1.82) is 5.26 Å². The molecule has 0 spiro atoms. The molecule has 0 radical (unpaired) electrons. The van der Waals surface area contributed by atoms with Gasteiger partial charge in [0.25, 0.3) is 0 Å². The van der Waals surface area contributed by atoms with Crippen molar-refractivity contribution in [3.05, 3.63) is 46.5 Å². The quantitative estimate of drug-likeness (QED) is 0.911. The molecule has 19 heavy (non-hydrogen) atoms. The van der Waals surface area contributed by atoms with E-state index in [9.17, 15) is 4.39 Å². The Kier molecular flexibility index (Phi) is 3.66. The third kappa shape index (κ3) is 3.01. The molecule has 1 N–H and O–H groups in total. The highest BCUT2D eigenvalue weighted by Crippen LogP contribution is 2.11. The molecule has 1 aromatic carbocycles. The number of nitrogens with one attached hydrogen (secondary N) is 1. The molecule has 1 heterocycles. The molecular formula is C13H12FN5. The molecule has 0 unspecified atom stereocenters. The van der Waals surface area contributed by atoms with Crippen molar-refractivity contribution >= 4 is 5.95 Å². The average Bonchev–Trinajstić information content (AvgIpc) is 2.41. The van der Waals surface area contributed by atoms with Gasteiger partial charge in [-0.3, -0.25) is 0 Å². The van der Waals surface area contributed by atoms with E-state index >= 15 is 0 Å². The fourth-order valence-corrected chi connectivity index (χ4v) is 1.47. The molecule has 0 amide bonds. The number of benzene rings is 1. The molecule has 96 valence electrons. The first-order chi connectivity index (χ1) is 9.10. The number of aryl methyl sites for hydroxylation is 2. The SMILES string of the molecule is Cc1nnc(NCc2ccc(C#N)cc2F)nc1C. The van der Waals surface area contributed by atoms with Crippen LogP contribution in [0.25, 0.3) is 0 Å². The third-order valence-electron chi connectivity index (χ3n) is 2.71. The van der Waals surface area contributed by atoms with E-state index in [1.165, 1.54) is 6.07 Å². The van der Waals surface area contributed by atoms with Crippen LogP contribution in [-0.4, -0.2) is 15.2 Å². The molecule has 1 aromatic heterocycles. The number of nitrogens with zero attached hydrogens (tertiary/aromatic N) is 4. The lowest BCUT2D eigenvalue weighted by molar-refractivity contribution is 0.612. The van der Waals surface area contributed by atoms with Gasteiger partial charge < -0.3 is 5.32 Å². The second-order valence-corrected chi connectivity index (χ2v) is 4.08. The van der Waals surface area contributed by atoms with Crippen molar-refractivity contribution < 1.29 is 4.39 Å². The fraction of sp³-hybridized carbons (Fsp3) is 0.231. The maximum absolute atomic E-state index is 13.6. The molecule has 0 aliphatic rings. The van der Waals surface area contributed by atoms with E-state index < -0.39 is 5.82 Å². The monoisotopic (exact) mass is 257 g/mol. The van der Waals surface area contributed by atoms with Crippen molar-refractivity contribution in [3.8, 4) is 6.07 Å². The summed E-state index contributed by atoms with van der Waals surface area (Å²) in [7, 11) is 0. The Morgan fingerprint density at radius 2 is 2.05 bits per heavy atom. The second-order valence-electron chi connectivity index (χ2n) is 4.08. The number of halogens is 1. The molecule has 2 aromatic rings. The van der Waals surface area contributed by atoms with Crippen LogP contribution in [0.4, 0.5) is 10.3 Å². The number of hydrogen-bond donors (Lipinski definition) is 1. The summed E-state index contributed by atoms with van der Waals surface area (Å²) >= 11 is 0. The van der Waals surface area contributed by atoms with Gasteiger partial charge in [-0.05, 0) is 26.0 Å². The topological polar surface area (TPSA) is 74.5 Å². The fourth-order valence-electron chi connectivity index (χ4n) is 1.47. The Hall–Kier alpha value is -2.55. The minimum absolute atomic E-state index is 0.238. The highest BCUT2D eigenvalue weighted by Gasteiger charge is 2.05. The summed E-state index contributed by atoms with van der Waals surface area (Å²) in [6.07, 6.45) is 0. The molecule has 0 fully saturated rings. The van der Waals surface area contributed by atoms with Gasteiger partial charge in [-0.25, -0.2) is 9.37 Å². The van der Waals surface area contributed by atoms with Crippen molar-refractivity contribution in [2.45, 2.75) is 20.4 Å². The Labute approximate surface area is 110 Å². The molecule has 0 bridgehead atoms. The maximum Gasteiger partial charge on any atom is 0.243 e. The first-order valence-electron chi connectivity index (χ1n) is 5.70. The Morgan fingerprint density at radius 1 is 1.26 bits per heavy atom. The standard InChI is InChI=1S/C13H12FN5/c1-8-9(2)18-19-13(17-8)16-7-11-4-3-10(6-15)5-12(11)14/h3-5H,7H2,1-2H3,(H,16,17,19).